The molecule has 1 aromatic heterocycles. The van der Waals surface area contributed by atoms with Gasteiger partial charge < -0.3 is 10.4 Å². The van der Waals surface area contributed by atoms with Crippen molar-refractivity contribution in [3.8, 4) is 0 Å². The van der Waals surface area contributed by atoms with Crippen LogP contribution in [0.25, 0.3) is 0 Å². The van der Waals surface area contributed by atoms with Crippen molar-refractivity contribution < 1.29 is 9.90 Å². The molecule has 2 rings (SSSR count). The Balaban J connectivity index is 2.23. The average molecular weight is 315 g/mol. The first kappa shape index (κ1) is 16.9. The van der Waals surface area contributed by atoms with E-state index >= 15 is 0 Å². The molecule has 6 nitrogen and oxygen atoms in total. The number of carbonyl (C=O) groups is 1. The highest BCUT2D eigenvalue weighted by Crippen LogP contribution is 2.19. The number of aliphatic hydroxyl groups is 1. The maximum atomic E-state index is 12.4. The third-order valence-corrected chi connectivity index (χ3v) is 3.94. The van der Waals surface area contributed by atoms with Gasteiger partial charge in [0.2, 0.25) is 0 Å². The summed E-state index contributed by atoms with van der Waals surface area (Å²) in [7, 11) is 1.51. The molecule has 0 bridgehead atoms. The summed E-state index contributed by atoms with van der Waals surface area (Å²) >= 11 is 0. The van der Waals surface area contributed by atoms with Gasteiger partial charge in [-0.15, -0.1) is 0 Å². The summed E-state index contributed by atoms with van der Waals surface area (Å²) in [6, 6.07) is 9.06. The Hall–Kier alpha value is -2.47. The first-order valence-corrected chi connectivity index (χ1v) is 7.34. The molecular formula is C17H21N3O3. The first-order valence-electron chi connectivity index (χ1n) is 7.34. The lowest BCUT2D eigenvalue weighted by Gasteiger charge is -2.24. The lowest BCUT2D eigenvalue weighted by Crippen LogP contribution is -2.41. The Kier molecular flexibility index (Phi) is 4.65. The monoisotopic (exact) mass is 315 g/mol. The molecule has 0 saturated carbocycles. The van der Waals surface area contributed by atoms with Gasteiger partial charge in [0.05, 0.1) is 12.2 Å². The SMILES string of the molecule is Cc1nn(C)c(=O)c(C(=O)NCC(C)(O)c2ccccc2)c1C. The summed E-state index contributed by atoms with van der Waals surface area (Å²) in [4.78, 5) is 24.6. The molecule has 0 aliphatic rings. The number of rotatable bonds is 4. The van der Waals surface area contributed by atoms with E-state index in [9.17, 15) is 14.7 Å². The van der Waals surface area contributed by atoms with Crippen LogP contribution in [0.4, 0.5) is 0 Å². The molecule has 6 heteroatoms. The minimum absolute atomic E-state index is 0.000187. The highest BCUT2D eigenvalue weighted by molar-refractivity contribution is 5.95. The van der Waals surface area contributed by atoms with Crippen molar-refractivity contribution in [3.05, 3.63) is 63.1 Å². The number of amides is 1. The van der Waals surface area contributed by atoms with Gasteiger partial charge in [-0.3, -0.25) is 9.59 Å². The van der Waals surface area contributed by atoms with Gasteiger partial charge in [-0.25, -0.2) is 4.68 Å². The minimum Gasteiger partial charge on any atom is -0.384 e. The van der Waals surface area contributed by atoms with Crippen molar-refractivity contribution in [1.82, 2.24) is 15.1 Å². The zero-order chi connectivity index (χ0) is 17.2. The van der Waals surface area contributed by atoms with Crippen molar-refractivity contribution in [3.63, 3.8) is 0 Å². The van der Waals surface area contributed by atoms with Crippen LogP contribution in [-0.4, -0.2) is 27.3 Å². The molecule has 23 heavy (non-hydrogen) atoms. The van der Waals surface area contributed by atoms with E-state index in [0.717, 1.165) is 4.68 Å². The van der Waals surface area contributed by atoms with E-state index in [1.54, 1.807) is 32.9 Å². The van der Waals surface area contributed by atoms with Gasteiger partial charge in [-0.1, -0.05) is 30.3 Å². The molecule has 0 aliphatic heterocycles. The molecule has 1 heterocycles. The fourth-order valence-corrected chi connectivity index (χ4v) is 2.36. The summed E-state index contributed by atoms with van der Waals surface area (Å²) in [6.07, 6.45) is 0. The van der Waals surface area contributed by atoms with Gasteiger partial charge in [0.15, 0.2) is 0 Å². The van der Waals surface area contributed by atoms with E-state index in [4.69, 9.17) is 0 Å². The highest BCUT2D eigenvalue weighted by Gasteiger charge is 2.25. The van der Waals surface area contributed by atoms with Gasteiger partial charge in [-0.2, -0.15) is 5.10 Å². The van der Waals surface area contributed by atoms with Crippen LogP contribution in [0, 0.1) is 13.8 Å². The quantitative estimate of drug-likeness (QED) is 0.883. The number of nitrogens with zero attached hydrogens (tertiary/aromatic N) is 2. The summed E-state index contributed by atoms with van der Waals surface area (Å²) in [5, 5.41) is 17.2. The maximum Gasteiger partial charge on any atom is 0.279 e. The van der Waals surface area contributed by atoms with Crippen LogP contribution in [0.5, 0.6) is 0 Å². The second-order valence-corrected chi connectivity index (χ2v) is 5.84. The lowest BCUT2D eigenvalue weighted by molar-refractivity contribution is 0.0525. The Labute approximate surface area is 134 Å². The second kappa shape index (κ2) is 6.34. The number of benzene rings is 1. The number of carbonyl (C=O) groups excluding carboxylic acids is 1. The molecule has 0 fully saturated rings. The van der Waals surface area contributed by atoms with Crippen molar-refractivity contribution in [2.75, 3.05) is 6.54 Å². The van der Waals surface area contributed by atoms with Gasteiger partial charge in [0.1, 0.15) is 11.2 Å². The molecule has 2 N–H and O–H groups in total. The lowest BCUT2D eigenvalue weighted by atomic mass is 9.96. The van der Waals surface area contributed by atoms with Crippen molar-refractivity contribution in [2.45, 2.75) is 26.4 Å². The van der Waals surface area contributed by atoms with Gasteiger partial charge in [-0.05, 0) is 31.9 Å². The van der Waals surface area contributed by atoms with Crippen molar-refractivity contribution in [1.29, 1.82) is 0 Å². The van der Waals surface area contributed by atoms with E-state index in [0.29, 0.717) is 16.8 Å². The first-order chi connectivity index (χ1) is 10.7. The fraction of sp³-hybridized carbons (Fsp3) is 0.353. The molecule has 0 saturated heterocycles. The van der Waals surface area contributed by atoms with E-state index < -0.39 is 17.1 Å². The Morgan fingerprint density at radius 2 is 1.91 bits per heavy atom. The normalized spacial score (nSPS) is 13.4. The van der Waals surface area contributed by atoms with Crippen molar-refractivity contribution in [2.24, 2.45) is 7.05 Å². The zero-order valence-corrected chi connectivity index (χ0v) is 13.8. The van der Waals surface area contributed by atoms with Gasteiger partial charge in [0.25, 0.3) is 11.5 Å². The van der Waals surface area contributed by atoms with E-state index in [2.05, 4.69) is 10.4 Å². The van der Waals surface area contributed by atoms with Gasteiger partial charge >= 0.3 is 0 Å². The number of hydrogen-bond donors (Lipinski definition) is 2. The molecule has 1 aromatic carbocycles. The molecular weight excluding hydrogens is 294 g/mol. The number of nitrogens with one attached hydrogen (secondary N) is 1. The average Bonchev–Trinajstić information content (AvgIpc) is 2.52. The summed E-state index contributed by atoms with van der Waals surface area (Å²) < 4.78 is 1.15. The van der Waals surface area contributed by atoms with Crippen LogP contribution in [0.3, 0.4) is 0 Å². The van der Waals surface area contributed by atoms with Crippen LogP contribution >= 0.6 is 0 Å². The fourth-order valence-electron chi connectivity index (χ4n) is 2.36. The smallest absolute Gasteiger partial charge is 0.279 e. The molecule has 0 aliphatic carbocycles. The molecule has 0 spiro atoms. The molecule has 1 atom stereocenters. The van der Waals surface area contributed by atoms with Crippen LogP contribution in [0.2, 0.25) is 0 Å². The predicted octanol–water partition coefficient (Wildman–Crippen LogP) is 1.03. The molecule has 0 radical (unpaired) electrons. The van der Waals surface area contributed by atoms with Gasteiger partial charge in [0, 0.05) is 7.05 Å². The zero-order valence-electron chi connectivity index (χ0n) is 13.8. The number of aryl methyl sites for hydroxylation is 2. The topological polar surface area (TPSA) is 84.2 Å². The van der Waals surface area contributed by atoms with E-state index in [1.165, 1.54) is 7.05 Å². The molecule has 122 valence electrons. The Morgan fingerprint density at radius 1 is 1.30 bits per heavy atom. The summed E-state index contributed by atoms with van der Waals surface area (Å²) in [6.45, 7) is 5.05. The standard InChI is InChI=1S/C17H21N3O3/c1-11-12(2)19-20(4)16(22)14(11)15(21)18-10-17(3,23)13-8-6-5-7-9-13/h5-9,23H,10H2,1-4H3,(H,18,21). The molecule has 1 amide bonds. The number of aromatic nitrogens is 2. The second-order valence-electron chi connectivity index (χ2n) is 5.84. The summed E-state index contributed by atoms with van der Waals surface area (Å²) in [5.41, 5.74) is 0.236. The largest absolute Gasteiger partial charge is 0.384 e. The van der Waals surface area contributed by atoms with Crippen LogP contribution < -0.4 is 10.9 Å². The Morgan fingerprint density at radius 3 is 2.52 bits per heavy atom. The van der Waals surface area contributed by atoms with Crippen molar-refractivity contribution >= 4 is 5.91 Å². The third kappa shape index (κ3) is 3.48. The van der Waals surface area contributed by atoms with E-state index in [-0.39, 0.29) is 12.1 Å². The maximum absolute atomic E-state index is 12.4. The molecule has 1 unspecified atom stereocenters. The van der Waals surface area contributed by atoms with Crippen LogP contribution in [0.15, 0.2) is 35.1 Å². The summed E-state index contributed by atoms with van der Waals surface area (Å²) in [5.74, 6) is -0.509. The van der Waals surface area contributed by atoms with E-state index in [1.807, 2.05) is 18.2 Å². The minimum atomic E-state index is -1.22. The van der Waals surface area contributed by atoms with Crippen LogP contribution in [-0.2, 0) is 12.6 Å². The Bertz CT molecular complexity index is 780. The number of hydrogen-bond acceptors (Lipinski definition) is 4. The predicted molar refractivity (Wildman–Crippen MR) is 87.3 cm³/mol. The third-order valence-electron chi connectivity index (χ3n) is 3.94. The van der Waals surface area contributed by atoms with Crippen LogP contribution in [0.1, 0.15) is 34.1 Å². The highest BCUT2D eigenvalue weighted by atomic mass is 16.3. The molecule has 2 aromatic rings.